The highest BCUT2D eigenvalue weighted by atomic mass is 31.2. The molecule has 3 rings (SSSR count). The Morgan fingerprint density at radius 3 is 1.34 bits per heavy atom. The van der Waals surface area contributed by atoms with Crippen molar-refractivity contribution in [1.82, 2.24) is 0 Å². The first-order chi connectivity index (χ1) is 19.7. The molecular weight excluding hydrogens is 555 g/mol. The SMILES string of the molecule is COP(=O)(CC(=O)C(OC(=O)c1ccccc1)[C@H](OC(=O)c1ccccc1)C(=O)COC(=O)c1ccccc1)OC. The van der Waals surface area contributed by atoms with E-state index < -0.39 is 62.0 Å². The fourth-order valence-corrected chi connectivity index (χ4v) is 4.44. The lowest BCUT2D eigenvalue weighted by atomic mass is 10.1. The Bertz CT molecular complexity index is 1400. The van der Waals surface area contributed by atoms with Gasteiger partial charge in [-0.3, -0.25) is 14.2 Å². The predicted octanol–water partition coefficient (Wildman–Crippen LogP) is 3.92. The Morgan fingerprint density at radius 2 is 0.951 bits per heavy atom. The first-order valence-corrected chi connectivity index (χ1v) is 13.9. The molecule has 0 spiro atoms. The van der Waals surface area contributed by atoms with Crippen molar-refractivity contribution in [2.75, 3.05) is 27.0 Å². The van der Waals surface area contributed by atoms with Crippen LogP contribution in [0, 0.1) is 0 Å². The summed E-state index contributed by atoms with van der Waals surface area (Å²) in [5, 5.41) is 0. The number of ether oxygens (including phenoxy) is 3. The van der Waals surface area contributed by atoms with Crippen LogP contribution in [0.15, 0.2) is 91.0 Å². The monoisotopic (exact) mass is 582 g/mol. The van der Waals surface area contributed by atoms with E-state index in [0.717, 1.165) is 14.2 Å². The smallest absolute Gasteiger partial charge is 0.338 e. The molecule has 12 heteroatoms. The Labute approximate surface area is 235 Å². The summed E-state index contributed by atoms with van der Waals surface area (Å²) in [6.07, 6.45) is -5.12. The third-order valence-electron chi connectivity index (χ3n) is 5.66. The number of hydrogen-bond donors (Lipinski definition) is 0. The molecule has 0 aliphatic carbocycles. The van der Waals surface area contributed by atoms with Gasteiger partial charge in [-0.2, -0.15) is 0 Å². The van der Waals surface area contributed by atoms with Crippen molar-refractivity contribution in [2.24, 2.45) is 0 Å². The molecule has 0 fully saturated rings. The van der Waals surface area contributed by atoms with E-state index >= 15 is 0 Å². The van der Waals surface area contributed by atoms with Crippen molar-refractivity contribution in [3.05, 3.63) is 108 Å². The van der Waals surface area contributed by atoms with Gasteiger partial charge in [-0.15, -0.1) is 0 Å². The number of rotatable bonds is 14. The molecule has 2 atom stereocenters. The third-order valence-corrected chi connectivity index (χ3v) is 7.47. The topological polar surface area (TPSA) is 149 Å². The van der Waals surface area contributed by atoms with Gasteiger partial charge in [0, 0.05) is 14.2 Å². The quantitative estimate of drug-likeness (QED) is 0.155. The molecule has 0 saturated heterocycles. The summed E-state index contributed by atoms with van der Waals surface area (Å²) < 4.78 is 38.3. The number of esters is 3. The fraction of sp³-hybridized carbons (Fsp3) is 0.207. The standard InChI is InChI=1S/C29H27O11P/c1-36-41(35,37-2)19-24(31)26(40-29(34)22-16-10-5-11-17-22)25(39-28(33)21-14-8-4-9-15-21)23(30)18-38-27(32)20-12-6-3-7-13-20/h3-17,25-26H,18-19H2,1-2H3/t25-,26?/m1/s1. The van der Waals surface area contributed by atoms with Gasteiger partial charge in [-0.05, 0) is 36.4 Å². The Balaban J connectivity index is 1.96. The Kier molecular flexibility index (Phi) is 11.2. The molecule has 3 aromatic rings. The van der Waals surface area contributed by atoms with E-state index in [4.69, 9.17) is 23.3 Å². The molecule has 3 aromatic carbocycles. The lowest BCUT2D eigenvalue weighted by Crippen LogP contribution is -2.48. The van der Waals surface area contributed by atoms with Gasteiger partial charge in [-0.1, -0.05) is 54.6 Å². The number of hydrogen-bond acceptors (Lipinski definition) is 11. The summed E-state index contributed by atoms with van der Waals surface area (Å²) in [6.45, 7) is -0.945. The van der Waals surface area contributed by atoms with Crippen molar-refractivity contribution in [3.8, 4) is 0 Å². The number of carbonyl (C=O) groups excluding carboxylic acids is 5. The number of ketones is 2. The van der Waals surface area contributed by atoms with Crippen LogP contribution in [0.3, 0.4) is 0 Å². The molecule has 0 saturated carbocycles. The summed E-state index contributed by atoms with van der Waals surface area (Å²) in [4.78, 5) is 65.2. The highest BCUT2D eigenvalue weighted by Crippen LogP contribution is 2.46. The lowest BCUT2D eigenvalue weighted by Gasteiger charge is -2.26. The van der Waals surface area contributed by atoms with Crippen LogP contribution in [-0.2, 0) is 37.4 Å². The van der Waals surface area contributed by atoms with E-state index in [1.54, 1.807) is 54.6 Å². The van der Waals surface area contributed by atoms with E-state index in [2.05, 4.69) is 0 Å². The van der Waals surface area contributed by atoms with E-state index in [-0.39, 0.29) is 16.7 Å². The Hall–Kier alpha value is -4.44. The molecule has 0 aromatic heterocycles. The molecule has 0 aliphatic heterocycles. The van der Waals surface area contributed by atoms with Crippen LogP contribution in [0.2, 0.25) is 0 Å². The van der Waals surface area contributed by atoms with Crippen LogP contribution in [0.1, 0.15) is 31.1 Å². The zero-order valence-corrected chi connectivity index (χ0v) is 23.1. The Morgan fingerprint density at radius 1 is 0.585 bits per heavy atom. The van der Waals surface area contributed by atoms with E-state index in [0.29, 0.717) is 0 Å². The minimum absolute atomic E-state index is 0.0167. The van der Waals surface area contributed by atoms with Crippen LogP contribution in [0.5, 0.6) is 0 Å². The predicted molar refractivity (Wildman–Crippen MR) is 145 cm³/mol. The molecule has 11 nitrogen and oxygen atoms in total. The third kappa shape index (κ3) is 8.77. The van der Waals surface area contributed by atoms with Gasteiger partial charge in [-0.25, -0.2) is 14.4 Å². The summed E-state index contributed by atoms with van der Waals surface area (Å²) in [6, 6.07) is 22.8. The van der Waals surface area contributed by atoms with Crippen LogP contribution in [0.25, 0.3) is 0 Å². The number of carbonyl (C=O) groups is 5. The highest BCUT2D eigenvalue weighted by molar-refractivity contribution is 7.54. The second kappa shape index (κ2) is 14.8. The molecule has 0 bridgehead atoms. The van der Waals surface area contributed by atoms with E-state index in [1.807, 2.05) is 0 Å². The second-order valence-electron chi connectivity index (χ2n) is 8.39. The average molecular weight is 582 g/mol. The minimum Gasteiger partial charge on any atom is -0.454 e. The van der Waals surface area contributed by atoms with E-state index in [9.17, 15) is 28.5 Å². The summed E-state index contributed by atoms with van der Waals surface area (Å²) in [5.41, 5.74) is 0.178. The first kappa shape index (κ1) is 31.1. The maximum Gasteiger partial charge on any atom is 0.338 e. The number of Topliss-reactive ketones (excluding diaryl/α,β-unsaturated/α-hetero) is 2. The largest absolute Gasteiger partial charge is 0.454 e. The second-order valence-corrected chi connectivity index (χ2v) is 10.7. The van der Waals surface area contributed by atoms with Crippen molar-refractivity contribution in [2.45, 2.75) is 12.2 Å². The van der Waals surface area contributed by atoms with Gasteiger partial charge in [0.2, 0.25) is 18.0 Å². The summed E-state index contributed by atoms with van der Waals surface area (Å²) in [5.74, 6) is -5.12. The molecule has 0 aliphatic rings. The molecule has 0 N–H and O–H groups in total. The maximum atomic E-state index is 13.4. The fourth-order valence-electron chi connectivity index (χ4n) is 3.47. The molecule has 41 heavy (non-hydrogen) atoms. The molecular formula is C29H27O11P. The van der Waals surface area contributed by atoms with Crippen LogP contribution in [0.4, 0.5) is 0 Å². The maximum absolute atomic E-state index is 13.4. The van der Waals surface area contributed by atoms with Crippen molar-refractivity contribution in [1.29, 1.82) is 0 Å². The first-order valence-electron chi connectivity index (χ1n) is 12.2. The van der Waals surface area contributed by atoms with Crippen molar-refractivity contribution < 1.29 is 51.8 Å². The number of benzene rings is 3. The van der Waals surface area contributed by atoms with E-state index in [1.165, 1.54) is 36.4 Å². The average Bonchev–Trinajstić information content (AvgIpc) is 3.02. The highest BCUT2D eigenvalue weighted by Gasteiger charge is 2.43. The van der Waals surface area contributed by atoms with Crippen LogP contribution < -0.4 is 0 Å². The zero-order chi connectivity index (χ0) is 29.8. The van der Waals surface area contributed by atoms with Crippen LogP contribution >= 0.6 is 7.60 Å². The van der Waals surface area contributed by atoms with Gasteiger partial charge >= 0.3 is 25.5 Å². The van der Waals surface area contributed by atoms with Crippen molar-refractivity contribution in [3.63, 3.8) is 0 Å². The van der Waals surface area contributed by atoms with Gasteiger partial charge < -0.3 is 23.3 Å². The van der Waals surface area contributed by atoms with Crippen molar-refractivity contribution >= 4 is 37.1 Å². The van der Waals surface area contributed by atoms with Gasteiger partial charge in [0.25, 0.3) is 0 Å². The normalized spacial score (nSPS) is 12.4. The van der Waals surface area contributed by atoms with Gasteiger partial charge in [0.1, 0.15) is 6.16 Å². The van der Waals surface area contributed by atoms with Gasteiger partial charge in [0.05, 0.1) is 16.7 Å². The summed E-state index contributed by atoms with van der Waals surface area (Å²) >= 11 is 0. The summed E-state index contributed by atoms with van der Waals surface area (Å²) in [7, 11) is -1.93. The molecule has 0 amide bonds. The minimum atomic E-state index is -4.02. The zero-order valence-electron chi connectivity index (χ0n) is 22.2. The molecule has 1 unspecified atom stereocenters. The molecule has 0 heterocycles. The molecule has 0 radical (unpaired) electrons. The lowest BCUT2D eigenvalue weighted by molar-refractivity contribution is -0.145. The molecule has 214 valence electrons. The van der Waals surface area contributed by atoms with Gasteiger partial charge in [0.15, 0.2) is 12.4 Å². The van der Waals surface area contributed by atoms with Crippen LogP contribution in [-0.4, -0.2) is 68.7 Å².